The number of hydrogen-bond acceptors (Lipinski definition) is 4. The van der Waals surface area contributed by atoms with E-state index in [-0.39, 0.29) is 10.8 Å². The Balaban J connectivity index is 0.000000984. The van der Waals surface area contributed by atoms with Crippen LogP contribution in [0, 0.1) is 6.92 Å². The molecule has 0 N–H and O–H groups in total. The number of aryl methyl sites for hydroxylation is 1. The molecule has 0 fully saturated rings. The van der Waals surface area contributed by atoms with E-state index in [2.05, 4.69) is 284 Å². The van der Waals surface area contributed by atoms with Crippen molar-refractivity contribution >= 4 is 88.3 Å². The van der Waals surface area contributed by atoms with Gasteiger partial charge in [0.1, 0.15) is 0 Å². The molecule has 12 rings (SSSR count). The zero-order valence-corrected chi connectivity index (χ0v) is 52.7. The first-order valence-corrected chi connectivity index (χ1v) is 33.0. The quantitative estimate of drug-likeness (QED) is 0.159. The molecule has 0 saturated carbocycles. The van der Waals surface area contributed by atoms with E-state index in [9.17, 15) is 0 Å². The molecule has 2 aliphatic carbocycles. The zero-order valence-electron chi connectivity index (χ0n) is 50.1. The molecule has 79 heavy (non-hydrogen) atoms. The molecule has 9 aromatic carbocycles. The molecule has 0 bridgehead atoms. The Kier molecular flexibility index (Phi) is 17.6. The highest BCUT2D eigenvalue weighted by atomic mass is 32.3. The second-order valence-electron chi connectivity index (χ2n) is 22.6. The standard InChI is InChI=1S/C67H62N2S2.3C2H6.CH4S/c1-43-23-29-46(30-24-43)68(47-31-25-44(26-32-47)65(2,3)4)50-37-40-54-58(41-50)67(56-20-14-11-17-52(56)53-18-12-15-21-57(53)67)59-42-60(63-55-19-13-16-22-61(55)70-64(63)62(54)59)69(48-33-27-45(28-34-48)66(5,6)7)49-35-38-51(39-36-49)71(8,9)10;4*1-2/h11-42H,1-10H3;3*1-2H3;2H,1H3. The Morgan fingerprint density at radius 1 is 0.430 bits per heavy atom. The predicted octanol–water partition coefficient (Wildman–Crippen LogP) is 22.9. The molecular formula is C74H84N2S3. The maximum Gasteiger partial charge on any atom is 0.0727 e. The molecule has 1 heterocycles. The lowest BCUT2D eigenvalue weighted by atomic mass is 9.70. The third kappa shape index (κ3) is 10.5. The van der Waals surface area contributed by atoms with Gasteiger partial charge in [0, 0.05) is 54.2 Å². The van der Waals surface area contributed by atoms with Gasteiger partial charge in [-0.25, -0.2) is 10.0 Å². The molecule has 1 aromatic heterocycles. The van der Waals surface area contributed by atoms with E-state index in [1.807, 2.05) is 52.9 Å². The molecule has 0 atom stereocenters. The van der Waals surface area contributed by atoms with Crippen molar-refractivity contribution in [2.45, 2.75) is 111 Å². The fourth-order valence-corrected chi connectivity index (χ4v) is 13.8. The van der Waals surface area contributed by atoms with Crippen molar-refractivity contribution in [1.29, 1.82) is 0 Å². The molecule has 0 aliphatic heterocycles. The summed E-state index contributed by atoms with van der Waals surface area (Å²) in [6.45, 7) is 28.0. The molecular weight excluding hydrogens is 1010 g/mol. The Morgan fingerprint density at radius 2 is 0.861 bits per heavy atom. The number of anilines is 6. The molecule has 2 nitrogen and oxygen atoms in total. The molecule has 5 heteroatoms. The maximum absolute atomic E-state index is 3.53. The van der Waals surface area contributed by atoms with Gasteiger partial charge in [-0.1, -0.05) is 198 Å². The Bertz CT molecular complexity index is 3590. The van der Waals surface area contributed by atoms with Gasteiger partial charge in [-0.3, -0.25) is 0 Å². The Labute approximate surface area is 486 Å². The summed E-state index contributed by atoms with van der Waals surface area (Å²) in [5.74, 6) is 0. The highest BCUT2D eigenvalue weighted by Crippen LogP contribution is 2.66. The van der Waals surface area contributed by atoms with Crippen molar-refractivity contribution in [2.75, 3.05) is 34.8 Å². The average Bonchev–Trinajstić information content (AvgIpc) is 2.66. The first-order valence-electron chi connectivity index (χ1n) is 28.5. The van der Waals surface area contributed by atoms with Crippen molar-refractivity contribution in [3.05, 3.63) is 233 Å². The average molecular weight is 1100 g/mol. The largest absolute Gasteiger partial charge is 0.310 e. The monoisotopic (exact) mass is 1100 g/mol. The summed E-state index contributed by atoms with van der Waals surface area (Å²) >= 11 is 5.47. The van der Waals surface area contributed by atoms with E-state index in [0.29, 0.717) is 0 Å². The van der Waals surface area contributed by atoms with Gasteiger partial charge in [0.2, 0.25) is 0 Å². The van der Waals surface area contributed by atoms with E-state index >= 15 is 0 Å². The molecule has 0 radical (unpaired) electrons. The van der Waals surface area contributed by atoms with Crippen LogP contribution in [0.2, 0.25) is 0 Å². The van der Waals surface area contributed by atoms with Gasteiger partial charge in [0.05, 0.1) is 11.1 Å². The number of fused-ring (bicyclic) bond motifs is 14. The minimum atomic E-state index is -0.937. The number of rotatable bonds is 7. The van der Waals surface area contributed by atoms with E-state index in [0.717, 1.165) is 28.4 Å². The summed E-state index contributed by atoms with van der Waals surface area (Å²) in [6, 6.07) is 74.6. The van der Waals surface area contributed by atoms with Gasteiger partial charge < -0.3 is 9.80 Å². The minimum absolute atomic E-state index is 0.0239. The third-order valence-electron chi connectivity index (χ3n) is 15.2. The summed E-state index contributed by atoms with van der Waals surface area (Å²) in [7, 11) is -0.937. The fraction of sp³-hybridized carbons (Fsp3) is 0.270. The highest BCUT2D eigenvalue weighted by Gasteiger charge is 2.53. The lowest BCUT2D eigenvalue weighted by Gasteiger charge is -2.34. The van der Waals surface area contributed by atoms with Crippen LogP contribution in [0.1, 0.15) is 122 Å². The summed E-state index contributed by atoms with van der Waals surface area (Å²) in [6.07, 6.45) is 8.85. The molecule has 0 unspecified atom stereocenters. The Morgan fingerprint density at radius 3 is 1.35 bits per heavy atom. The van der Waals surface area contributed by atoms with Crippen LogP contribution in [0.15, 0.2) is 199 Å². The summed E-state index contributed by atoms with van der Waals surface area (Å²) in [5.41, 5.74) is 20.8. The first-order chi connectivity index (χ1) is 38.0. The summed E-state index contributed by atoms with van der Waals surface area (Å²) < 4.78 is 2.62. The number of thiophene rings is 1. The van der Waals surface area contributed by atoms with Gasteiger partial charge in [0.25, 0.3) is 0 Å². The van der Waals surface area contributed by atoms with Crippen LogP contribution in [0.5, 0.6) is 0 Å². The molecule has 1 spiro atoms. The van der Waals surface area contributed by atoms with E-state index in [1.54, 1.807) is 6.26 Å². The number of hydrogen-bond donors (Lipinski definition) is 1. The van der Waals surface area contributed by atoms with Crippen molar-refractivity contribution < 1.29 is 0 Å². The Hall–Kier alpha value is -6.50. The van der Waals surface area contributed by atoms with Crippen LogP contribution in [-0.4, -0.2) is 25.0 Å². The summed E-state index contributed by atoms with van der Waals surface area (Å²) in [4.78, 5) is 6.42. The first kappa shape index (κ1) is 58.6. The van der Waals surface area contributed by atoms with Crippen LogP contribution in [0.3, 0.4) is 0 Å². The SMILES string of the molecule is CC.CC.CC.CS.Cc1ccc(N(c2ccc(C(C)(C)C)cc2)c2ccc3c(c2)C2(c4ccccc4-c4ccccc42)c2cc(N(c4ccc(C(C)(C)C)cc4)c4ccc(S(C)(C)C)cc4)c4c(sc5ccccc54)c2-3)cc1. The van der Waals surface area contributed by atoms with Crippen LogP contribution in [0.25, 0.3) is 42.4 Å². The van der Waals surface area contributed by atoms with E-state index < -0.39 is 15.4 Å². The zero-order chi connectivity index (χ0) is 57.2. The molecule has 0 amide bonds. The lowest BCUT2D eigenvalue weighted by molar-refractivity contribution is 0.590. The van der Waals surface area contributed by atoms with E-state index in [4.69, 9.17) is 0 Å². The smallest absolute Gasteiger partial charge is 0.0727 e. The second-order valence-corrected chi connectivity index (χ2v) is 27.8. The maximum atomic E-state index is 3.53. The number of nitrogens with zero attached hydrogens (tertiary/aromatic N) is 2. The van der Waals surface area contributed by atoms with Crippen molar-refractivity contribution in [1.82, 2.24) is 0 Å². The fourth-order valence-electron chi connectivity index (χ4n) is 11.6. The summed E-state index contributed by atoms with van der Waals surface area (Å²) in [5, 5.41) is 2.58. The van der Waals surface area contributed by atoms with Gasteiger partial charge >= 0.3 is 0 Å². The molecule has 0 saturated heterocycles. The van der Waals surface area contributed by atoms with Gasteiger partial charge in [-0.15, -0.1) is 11.3 Å². The van der Waals surface area contributed by atoms with Gasteiger partial charge in [0.15, 0.2) is 0 Å². The van der Waals surface area contributed by atoms with E-state index in [1.165, 1.54) is 92.0 Å². The van der Waals surface area contributed by atoms with Gasteiger partial charge in [-0.2, -0.15) is 12.6 Å². The third-order valence-corrected chi connectivity index (χ3v) is 18.1. The number of benzene rings is 9. The van der Waals surface area contributed by atoms with Crippen LogP contribution in [0.4, 0.5) is 34.1 Å². The normalized spacial score (nSPS) is 12.7. The van der Waals surface area contributed by atoms with Crippen molar-refractivity contribution in [2.24, 2.45) is 0 Å². The van der Waals surface area contributed by atoms with Crippen LogP contribution in [-0.2, 0) is 16.2 Å². The molecule has 10 aromatic rings. The second kappa shape index (κ2) is 23.7. The lowest BCUT2D eigenvalue weighted by Crippen LogP contribution is -2.26. The molecule has 408 valence electrons. The minimum Gasteiger partial charge on any atom is -0.310 e. The van der Waals surface area contributed by atoms with Crippen molar-refractivity contribution in [3.63, 3.8) is 0 Å². The predicted molar refractivity (Wildman–Crippen MR) is 360 cm³/mol. The molecule has 2 aliphatic rings. The topological polar surface area (TPSA) is 6.48 Å². The van der Waals surface area contributed by atoms with Crippen LogP contribution < -0.4 is 9.80 Å². The van der Waals surface area contributed by atoms with Crippen molar-refractivity contribution in [3.8, 4) is 22.3 Å². The van der Waals surface area contributed by atoms with Gasteiger partial charge in [-0.05, 0) is 183 Å². The van der Waals surface area contributed by atoms with Crippen LogP contribution >= 0.6 is 34.0 Å². The number of thiol groups is 1. The highest BCUT2D eigenvalue weighted by molar-refractivity contribution is 8.32.